The SMILES string of the molecule is CC1CCCCCCC(C)(C(=O)O)CC1. The van der Waals surface area contributed by atoms with E-state index in [2.05, 4.69) is 6.92 Å². The molecule has 0 saturated heterocycles. The molecule has 0 heterocycles. The van der Waals surface area contributed by atoms with Crippen molar-refractivity contribution >= 4 is 5.97 Å². The Hall–Kier alpha value is -0.530. The van der Waals surface area contributed by atoms with Crippen LogP contribution in [0.1, 0.15) is 65.2 Å². The highest BCUT2D eigenvalue weighted by Gasteiger charge is 2.32. The van der Waals surface area contributed by atoms with E-state index in [0.717, 1.165) is 25.7 Å². The fourth-order valence-electron chi connectivity index (χ4n) is 2.41. The molecular formula is C13H24O2. The molecule has 0 aromatic heterocycles. The van der Waals surface area contributed by atoms with Gasteiger partial charge in [-0.1, -0.05) is 39.0 Å². The summed E-state index contributed by atoms with van der Waals surface area (Å²) in [6, 6.07) is 0. The van der Waals surface area contributed by atoms with Crippen molar-refractivity contribution in [3.05, 3.63) is 0 Å². The van der Waals surface area contributed by atoms with Crippen LogP contribution in [0, 0.1) is 11.3 Å². The molecule has 2 heteroatoms. The normalized spacial score (nSPS) is 34.7. The van der Waals surface area contributed by atoms with Gasteiger partial charge >= 0.3 is 5.97 Å². The second-order valence-corrected chi connectivity index (χ2v) is 5.46. The molecule has 0 amide bonds. The molecule has 1 aliphatic carbocycles. The standard InChI is InChI=1S/C13H24O2/c1-11-7-5-3-4-6-9-13(2,10-8-11)12(14)15/h11H,3-10H2,1-2H3,(H,14,15). The monoisotopic (exact) mass is 212 g/mol. The third-order valence-corrected chi connectivity index (χ3v) is 3.88. The van der Waals surface area contributed by atoms with Crippen molar-refractivity contribution in [1.29, 1.82) is 0 Å². The summed E-state index contributed by atoms with van der Waals surface area (Å²) in [5, 5.41) is 9.26. The van der Waals surface area contributed by atoms with Crippen molar-refractivity contribution in [3.8, 4) is 0 Å². The van der Waals surface area contributed by atoms with Crippen molar-refractivity contribution in [3.63, 3.8) is 0 Å². The Morgan fingerprint density at radius 2 is 1.80 bits per heavy atom. The first kappa shape index (κ1) is 12.5. The first-order valence-electron chi connectivity index (χ1n) is 6.28. The summed E-state index contributed by atoms with van der Waals surface area (Å²) in [5.41, 5.74) is -0.467. The van der Waals surface area contributed by atoms with Gasteiger partial charge in [-0.3, -0.25) is 4.79 Å². The van der Waals surface area contributed by atoms with E-state index in [9.17, 15) is 9.90 Å². The van der Waals surface area contributed by atoms with Crippen LogP contribution in [0.3, 0.4) is 0 Å². The fourth-order valence-corrected chi connectivity index (χ4v) is 2.41. The molecule has 0 radical (unpaired) electrons. The summed E-state index contributed by atoms with van der Waals surface area (Å²) in [6.07, 6.45) is 8.94. The largest absolute Gasteiger partial charge is 0.481 e. The van der Waals surface area contributed by atoms with Gasteiger partial charge in [0.1, 0.15) is 0 Å². The zero-order valence-corrected chi connectivity index (χ0v) is 10.1. The first-order chi connectivity index (χ1) is 7.04. The van der Waals surface area contributed by atoms with Crippen LogP contribution in [0.25, 0.3) is 0 Å². The second kappa shape index (κ2) is 5.53. The highest BCUT2D eigenvalue weighted by Crippen LogP contribution is 2.34. The van der Waals surface area contributed by atoms with E-state index in [4.69, 9.17) is 0 Å². The summed E-state index contributed by atoms with van der Waals surface area (Å²) in [4.78, 5) is 11.2. The van der Waals surface area contributed by atoms with Crippen molar-refractivity contribution in [2.45, 2.75) is 65.2 Å². The molecule has 2 nitrogen and oxygen atoms in total. The molecule has 1 N–H and O–H groups in total. The summed E-state index contributed by atoms with van der Waals surface area (Å²) in [6.45, 7) is 4.17. The predicted molar refractivity (Wildman–Crippen MR) is 61.8 cm³/mol. The molecule has 1 fully saturated rings. The van der Waals surface area contributed by atoms with Crippen LogP contribution in [0.2, 0.25) is 0 Å². The van der Waals surface area contributed by atoms with Gasteiger partial charge in [0, 0.05) is 0 Å². The molecule has 88 valence electrons. The topological polar surface area (TPSA) is 37.3 Å². The van der Waals surface area contributed by atoms with E-state index < -0.39 is 11.4 Å². The molecule has 0 spiro atoms. The maximum absolute atomic E-state index is 11.2. The minimum absolute atomic E-state index is 0.467. The number of aliphatic carboxylic acids is 1. The zero-order chi connectivity index (χ0) is 11.3. The minimum atomic E-state index is -0.602. The second-order valence-electron chi connectivity index (χ2n) is 5.46. The molecule has 2 atom stereocenters. The number of hydrogen-bond donors (Lipinski definition) is 1. The average molecular weight is 212 g/mol. The molecule has 15 heavy (non-hydrogen) atoms. The number of rotatable bonds is 1. The Labute approximate surface area is 93.1 Å². The lowest BCUT2D eigenvalue weighted by molar-refractivity contribution is -0.149. The van der Waals surface area contributed by atoms with E-state index in [1.807, 2.05) is 6.92 Å². The lowest BCUT2D eigenvalue weighted by atomic mass is 9.77. The van der Waals surface area contributed by atoms with Crippen molar-refractivity contribution in [1.82, 2.24) is 0 Å². The third kappa shape index (κ3) is 3.84. The van der Waals surface area contributed by atoms with Crippen LogP contribution in [0.15, 0.2) is 0 Å². The van der Waals surface area contributed by atoms with Gasteiger partial charge in [0.15, 0.2) is 0 Å². The Balaban J connectivity index is 2.58. The number of carboxylic acids is 1. The van der Waals surface area contributed by atoms with Crippen LogP contribution < -0.4 is 0 Å². The Bertz CT molecular complexity index is 213. The fraction of sp³-hybridized carbons (Fsp3) is 0.923. The summed E-state index contributed by atoms with van der Waals surface area (Å²) in [7, 11) is 0. The lowest BCUT2D eigenvalue weighted by Gasteiger charge is -2.27. The highest BCUT2D eigenvalue weighted by atomic mass is 16.4. The van der Waals surface area contributed by atoms with Gasteiger partial charge in [-0.05, 0) is 32.1 Å². The van der Waals surface area contributed by atoms with Gasteiger partial charge in [-0.2, -0.15) is 0 Å². The zero-order valence-electron chi connectivity index (χ0n) is 10.1. The number of carboxylic acid groups (broad SMARTS) is 1. The van der Waals surface area contributed by atoms with Gasteiger partial charge in [0.25, 0.3) is 0 Å². The molecular weight excluding hydrogens is 188 g/mol. The molecule has 0 aromatic rings. The molecule has 0 bridgehead atoms. The summed E-state index contributed by atoms with van der Waals surface area (Å²) >= 11 is 0. The summed E-state index contributed by atoms with van der Waals surface area (Å²) in [5.74, 6) is 0.0945. The molecule has 0 aliphatic heterocycles. The van der Waals surface area contributed by atoms with Gasteiger partial charge in [-0.15, -0.1) is 0 Å². The minimum Gasteiger partial charge on any atom is -0.481 e. The summed E-state index contributed by atoms with van der Waals surface area (Å²) < 4.78 is 0. The van der Waals surface area contributed by atoms with Crippen LogP contribution in [0.4, 0.5) is 0 Å². The Morgan fingerprint density at radius 3 is 2.47 bits per heavy atom. The van der Waals surface area contributed by atoms with E-state index in [-0.39, 0.29) is 0 Å². The smallest absolute Gasteiger partial charge is 0.309 e. The number of carbonyl (C=O) groups is 1. The van der Waals surface area contributed by atoms with Crippen LogP contribution in [-0.2, 0) is 4.79 Å². The van der Waals surface area contributed by atoms with Gasteiger partial charge in [0.2, 0.25) is 0 Å². The lowest BCUT2D eigenvalue weighted by Crippen LogP contribution is -2.28. The molecule has 1 saturated carbocycles. The van der Waals surface area contributed by atoms with Gasteiger partial charge in [-0.25, -0.2) is 0 Å². The number of hydrogen-bond acceptors (Lipinski definition) is 1. The molecule has 1 rings (SSSR count). The first-order valence-corrected chi connectivity index (χ1v) is 6.28. The predicted octanol–water partition coefficient (Wildman–Crippen LogP) is 3.85. The molecule has 0 aromatic carbocycles. The average Bonchev–Trinajstić information content (AvgIpc) is 2.19. The maximum atomic E-state index is 11.2. The van der Waals surface area contributed by atoms with E-state index >= 15 is 0 Å². The molecule has 1 aliphatic rings. The van der Waals surface area contributed by atoms with Crippen molar-refractivity contribution < 1.29 is 9.90 Å². The van der Waals surface area contributed by atoms with E-state index in [1.165, 1.54) is 25.7 Å². The molecule has 2 unspecified atom stereocenters. The highest BCUT2D eigenvalue weighted by molar-refractivity contribution is 5.74. The van der Waals surface area contributed by atoms with Crippen molar-refractivity contribution in [2.75, 3.05) is 0 Å². The van der Waals surface area contributed by atoms with E-state index in [0.29, 0.717) is 5.92 Å². The maximum Gasteiger partial charge on any atom is 0.309 e. The van der Waals surface area contributed by atoms with Crippen molar-refractivity contribution in [2.24, 2.45) is 11.3 Å². The van der Waals surface area contributed by atoms with Gasteiger partial charge in [0.05, 0.1) is 5.41 Å². The van der Waals surface area contributed by atoms with E-state index in [1.54, 1.807) is 0 Å². The Kier molecular flexibility index (Phi) is 4.62. The van der Waals surface area contributed by atoms with Gasteiger partial charge < -0.3 is 5.11 Å². The van der Waals surface area contributed by atoms with Crippen LogP contribution in [0.5, 0.6) is 0 Å². The Morgan fingerprint density at radius 1 is 1.13 bits per heavy atom. The quantitative estimate of drug-likeness (QED) is 0.717. The van der Waals surface area contributed by atoms with Crippen LogP contribution >= 0.6 is 0 Å². The third-order valence-electron chi connectivity index (χ3n) is 3.88. The van der Waals surface area contributed by atoms with Crippen LogP contribution in [-0.4, -0.2) is 11.1 Å².